The molecule has 2 aromatic heterocycles. The van der Waals surface area contributed by atoms with Crippen LogP contribution in [-0.2, 0) is 0 Å². The molecule has 3 aromatic rings. The summed E-state index contributed by atoms with van der Waals surface area (Å²) in [5, 5.41) is 7.72. The van der Waals surface area contributed by atoms with E-state index in [1.54, 1.807) is 10.7 Å². The number of aryl methyl sites for hydroxylation is 2. The minimum Gasteiger partial charge on any atom is -0.296 e. The molecule has 0 radical (unpaired) electrons. The highest BCUT2D eigenvalue weighted by Gasteiger charge is 2.14. The summed E-state index contributed by atoms with van der Waals surface area (Å²) in [6.07, 6.45) is 1.81. The van der Waals surface area contributed by atoms with Crippen molar-refractivity contribution in [2.75, 3.05) is 5.32 Å². The molecule has 0 saturated heterocycles. The lowest BCUT2D eigenvalue weighted by Crippen LogP contribution is -2.13. The van der Waals surface area contributed by atoms with E-state index in [1.807, 2.05) is 27.0 Å². The van der Waals surface area contributed by atoms with Crippen LogP contribution in [0.25, 0.3) is 10.2 Å². The molecule has 6 heteroatoms. The number of nitrogens with one attached hydrogen (secondary N) is 1. The maximum Gasteiger partial charge on any atom is 0.277 e. The molecule has 114 valence electrons. The van der Waals surface area contributed by atoms with Crippen LogP contribution in [0, 0.1) is 13.8 Å². The number of nitrogens with zero attached hydrogens (tertiary/aromatic N) is 3. The van der Waals surface area contributed by atoms with Crippen LogP contribution in [0.2, 0.25) is 0 Å². The molecule has 3 rings (SSSR count). The predicted molar refractivity (Wildman–Crippen MR) is 89.7 cm³/mol. The first-order valence-corrected chi connectivity index (χ1v) is 8.00. The summed E-state index contributed by atoms with van der Waals surface area (Å²) >= 11 is 1.48. The lowest BCUT2D eigenvalue weighted by atomic mass is 10.1. The Balaban J connectivity index is 1.86. The molecule has 5 nitrogen and oxygen atoms in total. The molecule has 22 heavy (non-hydrogen) atoms. The van der Waals surface area contributed by atoms with E-state index in [2.05, 4.69) is 34.5 Å². The average molecular weight is 314 g/mol. The molecule has 1 N–H and O–H groups in total. The third kappa shape index (κ3) is 2.74. The minimum absolute atomic E-state index is 0.229. The summed E-state index contributed by atoms with van der Waals surface area (Å²) in [6, 6.07) is 6.13. The fourth-order valence-corrected chi connectivity index (χ4v) is 3.37. The van der Waals surface area contributed by atoms with Gasteiger partial charge in [0.1, 0.15) is 0 Å². The number of amides is 1. The second kappa shape index (κ2) is 5.53. The molecule has 0 fully saturated rings. The highest BCUT2D eigenvalue weighted by Crippen LogP contribution is 2.29. The van der Waals surface area contributed by atoms with Crippen LogP contribution >= 0.6 is 11.3 Å². The highest BCUT2D eigenvalue weighted by atomic mass is 32.1. The zero-order valence-corrected chi connectivity index (χ0v) is 13.9. The van der Waals surface area contributed by atoms with Crippen LogP contribution in [0.3, 0.4) is 0 Å². The van der Waals surface area contributed by atoms with E-state index in [0.717, 1.165) is 15.8 Å². The number of fused-ring (bicyclic) bond motifs is 1. The first kappa shape index (κ1) is 14.7. The Bertz CT molecular complexity index is 847. The van der Waals surface area contributed by atoms with Crippen LogP contribution in [0.5, 0.6) is 0 Å². The average Bonchev–Trinajstić information content (AvgIpc) is 3.04. The molecule has 0 spiro atoms. The number of aromatic nitrogens is 3. The monoisotopic (exact) mass is 314 g/mol. The third-order valence-corrected chi connectivity index (χ3v) is 4.34. The summed E-state index contributed by atoms with van der Waals surface area (Å²) in [5.74, 6) is -0.229. The van der Waals surface area contributed by atoms with Crippen LogP contribution < -0.4 is 5.32 Å². The van der Waals surface area contributed by atoms with Gasteiger partial charge in [-0.2, -0.15) is 5.10 Å². The summed E-state index contributed by atoms with van der Waals surface area (Å²) in [5.41, 5.74) is 3.66. The second-order valence-electron chi connectivity index (χ2n) is 5.68. The van der Waals surface area contributed by atoms with Gasteiger partial charge < -0.3 is 0 Å². The van der Waals surface area contributed by atoms with Crippen molar-refractivity contribution in [3.63, 3.8) is 0 Å². The van der Waals surface area contributed by atoms with Crippen molar-refractivity contribution in [2.24, 2.45) is 0 Å². The Morgan fingerprint density at radius 3 is 2.77 bits per heavy atom. The van der Waals surface area contributed by atoms with E-state index >= 15 is 0 Å². The van der Waals surface area contributed by atoms with Gasteiger partial charge in [0, 0.05) is 12.2 Å². The van der Waals surface area contributed by atoms with Crippen molar-refractivity contribution in [1.82, 2.24) is 14.8 Å². The molecule has 0 aliphatic rings. The molecule has 0 aliphatic heterocycles. The van der Waals surface area contributed by atoms with Crippen molar-refractivity contribution in [3.8, 4) is 0 Å². The Hall–Kier alpha value is -2.21. The quantitative estimate of drug-likeness (QED) is 0.796. The zero-order valence-electron chi connectivity index (χ0n) is 13.0. The normalized spacial score (nSPS) is 11.3. The summed E-state index contributed by atoms with van der Waals surface area (Å²) in [7, 11) is 0. The molecule has 0 saturated carbocycles. The number of carbonyl (C=O) groups excluding carboxylic acids is 1. The van der Waals surface area contributed by atoms with Gasteiger partial charge in [0.25, 0.3) is 5.91 Å². The van der Waals surface area contributed by atoms with Crippen molar-refractivity contribution in [3.05, 3.63) is 41.2 Å². The van der Waals surface area contributed by atoms with Gasteiger partial charge in [0.15, 0.2) is 10.8 Å². The lowest BCUT2D eigenvalue weighted by Gasteiger charge is -2.03. The zero-order chi connectivity index (χ0) is 15.9. The molecule has 1 aromatic carbocycles. The lowest BCUT2D eigenvalue weighted by molar-refractivity contribution is 0.102. The first-order chi connectivity index (χ1) is 10.4. The molecule has 0 aliphatic carbocycles. The fraction of sp³-hybridized carbons (Fsp3) is 0.312. The molecule has 2 heterocycles. The van der Waals surface area contributed by atoms with Crippen molar-refractivity contribution < 1.29 is 4.79 Å². The van der Waals surface area contributed by atoms with Gasteiger partial charge in [0.05, 0.1) is 10.2 Å². The van der Waals surface area contributed by atoms with Gasteiger partial charge in [-0.05, 0) is 51.0 Å². The van der Waals surface area contributed by atoms with Crippen LogP contribution in [0.15, 0.2) is 24.4 Å². The molecular weight excluding hydrogens is 296 g/mol. The Morgan fingerprint density at radius 2 is 2.09 bits per heavy atom. The molecule has 1 amide bonds. The van der Waals surface area contributed by atoms with Crippen molar-refractivity contribution in [2.45, 2.75) is 33.7 Å². The van der Waals surface area contributed by atoms with Gasteiger partial charge in [-0.1, -0.05) is 17.4 Å². The fourth-order valence-electron chi connectivity index (χ4n) is 2.33. The highest BCUT2D eigenvalue weighted by molar-refractivity contribution is 7.22. The predicted octanol–water partition coefficient (Wildman–Crippen LogP) is 3.94. The van der Waals surface area contributed by atoms with E-state index in [0.29, 0.717) is 10.8 Å². The van der Waals surface area contributed by atoms with Crippen molar-refractivity contribution >= 4 is 32.6 Å². The summed E-state index contributed by atoms with van der Waals surface area (Å²) in [6.45, 7) is 8.13. The topological polar surface area (TPSA) is 59.8 Å². The maximum atomic E-state index is 12.3. The SMILES string of the molecule is Cc1cc(C)c2nc(NC(=O)c3ccn(C(C)C)n3)sc2c1. The van der Waals surface area contributed by atoms with Crippen molar-refractivity contribution in [1.29, 1.82) is 0 Å². The van der Waals surface area contributed by atoms with E-state index in [1.165, 1.54) is 16.9 Å². The molecule has 0 bridgehead atoms. The van der Waals surface area contributed by atoms with Gasteiger partial charge in [-0.3, -0.25) is 14.8 Å². The van der Waals surface area contributed by atoms with Gasteiger partial charge in [0.2, 0.25) is 0 Å². The van der Waals surface area contributed by atoms with Crippen LogP contribution in [0.4, 0.5) is 5.13 Å². The minimum atomic E-state index is -0.229. The van der Waals surface area contributed by atoms with Crippen LogP contribution in [-0.4, -0.2) is 20.7 Å². The van der Waals surface area contributed by atoms with E-state index in [4.69, 9.17) is 0 Å². The number of benzene rings is 1. The third-order valence-electron chi connectivity index (χ3n) is 3.42. The molecule has 0 atom stereocenters. The van der Waals surface area contributed by atoms with E-state index in [9.17, 15) is 4.79 Å². The van der Waals surface area contributed by atoms with Crippen LogP contribution in [0.1, 0.15) is 41.5 Å². The van der Waals surface area contributed by atoms with Gasteiger partial charge in [-0.25, -0.2) is 4.98 Å². The van der Waals surface area contributed by atoms with E-state index in [-0.39, 0.29) is 11.9 Å². The Kier molecular flexibility index (Phi) is 3.70. The number of hydrogen-bond donors (Lipinski definition) is 1. The molecule has 0 unspecified atom stereocenters. The Labute approximate surface area is 133 Å². The number of anilines is 1. The second-order valence-corrected chi connectivity index (χ2v) is 6.71. The number of carbonyl (C=O) groups is 1. The first-order valence-electron chi connectivity index (χ1n) is 7.18. The van der Waals surface area contributed by atoms with Gasteiger partial charge >= 0.3 is 0 Å². The standard InChI is InChI=1S/C16H18N4OS/c1-9(2)20-6-5-12(19-20)15(21)18-16-17-14-11(4)7-10(3)8-13(14)22-16/h5-9H,1-4H3,(H,17,18,21). The smallest absolute Gasteiger partial charge is 0.277 e. The summed E-state index contributed by atoms with van der Waals surface area (Å²) < 4.78 is 2.85. The largest absolute Gasteiger partial charge is 0.296 e. The Morgan fingerprint density at radius 1 is 1.32 bits per heavy atom. The number of rotatable bonds is 3. The number of thiazole rings is 1. The van der Waals surface area contributed by atoms with E-state index < -0.39 is 0 Å². The summed E-state index contributed by atoms with van der Waals surface area (Å²) in [4.78, 5) is 16.8. The molecular formula is C16H18N4OS. The number of hydrogen-bond acceptors (Lipinski definition) is 4. The van der Waals surface area contributed by atoms with Gasteiger partial charge in [-0.15, -0.1) is 0 Å². The maximum absolute atomic E-state index is 12.3.